The van der Waals surface area contributed by atoms with Gasteiger partial charge in [-0.3, -0.25) is 0 Å². The highest BCUT2D eigenvalue weighted by molar-refractivity contribution is 4.83. The lowest BCUT2D eigenvalue weighted by molar-refractivity contribution is -0.0884. The van der Waals surface area contributed by atoms with Crippen molar-refractivity contribution in [2.75, 3.05) is 0 Å². The highest BCUT2D eigenvalue weighted by Gasteiger charge is 2.30. The number of ether oxygens (including phenoxy) is 1. The quantitative estimate of drug-likeness (QED) is 0.605. The minimum Gasteiger partial charge on any atom is -0.375 e. The second kappa shape index (κ2) is 4.83. The van der Waals surface area contributed by atoms with Crippen LogP contribution in [0.15, 0.2) is 0 Å². The zero-order chi connectivity index (χ0) is 8.97. The second-order valence-corrected chi connectivity index (χ2v) is 3.54. The highest BCUT2D eigenvalue weighted by Crippen LogP contribution is 2.29. The Labute approximate surface area is 75.5 Å². The van der Waals surface area contributed by atoms with Gasteiger partial charge in [0.1, 0.15) is 0 Å². The third-order valence-electron chi connectivity index (χ3n) is 2.57. The van der Waals surface area contributed by atoms with Crippen molar-refractivity contribution in [3.8, 4) is 0 Å². The summed E-state index contributed by atoms with van der Waals surface area (Å²) in [5.74, 6) is 0. The molecular formula is C10H21NO. The van der Waals surface area contributed by atoms with E-state index in [4.69, 9.17) is 10.5 Å². The van der Waals surface area contributed by atoms with Crippen LogP contribution in [-0.2, 0) is 4.74 Å². The maximum Gasteiger partial charge on any atom is 0.0593 e. The topological polar surface area (TPSA) is 35.2 Å². The molecule has 2 rings (SSSR count). The van der Waals surface area contributed by atoms with E-state index in [-0.39, 0.29) is 0 Å². The second-order valence-electron chi connectivity index (χ2n) is 3.54. The molecule has 2 aliphatic rings. The van der Waals surface area contributed by atoms with Crippen molar-refractivity contribution in [1.82, 2.24) is 0 Å². The molecule has 2 bridgehead atoms. The number of fused-ring (bicyclic) bond motifs is 2. The molecule has 0 aliphatic carbocycles. The van der Waals surface area contributed by atoms with Crippen LogP contribution in [0.4, 0.5) is 0 Å². The summed E-state index contributed by atoms with van der Waals surface area (Å²) in [7, 11) is 0. The maximum atomic E-state index is 5.85. The van der Waals surface area contributed by atoms with Crippen LogP contribution in [0, 0.1) is 0 Å². The highest BCUT2D eigenvalue weighted by atomic mass is 16.5. The van der Waals surface area contributed by atoms with Gasteiger partial charge in [-0.25, -0.2) is 0 Å². The van der Waals surface area contributed by atoms with Gasteiger partial charge in [-0.15, -0.1) is 0 Å². The van der Waals surface area contributed by atoms with E-state index in [0.29, 0.717) is 18.2 Å². The van der Waals surface area contributed by atoms with Crippen LogP contribution in [0.3, 0.4) is 0 Å². The molecule has 0 radical (unpaired) electrons. The Bertz CT molecular complexity index is 111. The Morgan fingerprint density at radius 1 is 1.08 bits per heavy atom. The summed E-state index contributed by atoms with van der Waals surface area (Å²) in [4.78, 5) is 0. The normalized spacial score (nSPS) is 39.8. The lowest BCUT2D eigenvalue weighted by atomic mass is 9.89. The van der Waals surface area contributed by atoms with Gasteiger partial charge in [-0.1, -0.05) is 13.8 Å². The first-order chi connectivity index (χ1) is 5.84. The lowest BCUT2D eigenvalue weighted by Crippen LogP contribution is -2.42. The summed E-state index contributed by atoms with van der Waals surface area (Å²) in [5, 5.41) is 0. The number of hydrogen-bond acceptors (Lipinski definition) is 2. The largest absolute Gasteiger partial charge is 0.375 e. The first-order valence-electron chi connectivity index (χ1n) is 5.25. The Morgan fingerprint density at radius 2 is 1.58 bits per heavy atom. The average Bonchev–Trinajstić information content (AvgIpc) is 2.07. The number of nitrogens with two attached hydrogens (primary N) is 1. The number of hydrogen-bond donors (Lipinski definition) is 1. The third-order valence-corrected chi connectivity index (χ3v) is 2.57. The Balaban J connectivity index is 0.000000336. The van der Waals surface area contributed by atoms with Crippen molar-refractivity contribution < 1.29 is 4.74 Å². The van der Waals surface area contributed by atoms with Gasteiger partial charge in [0, 0.05) is 6.04 Å². The van der Waals surface area contributed by atoms with Crippen LogP contribution >= 0.6 is 0 Å². The van der Waals surface area contributed by atoms with Gasteiger partial charge in [0.15, 0.2) is 0 Å². The van der Waals surface area contributed by atoms with Crippen LogP contribution in [0.1, 0.15) is 46.0 Å². The zero-order valence-electron chi connectivity index (χ0n) is 8.25. The van der Waals surface area contributed by atoms with E-state index in [1.165, 1.54) is 19.3 Å². The van der Waals surface area contributed by atoms with E-state index in [1.807, 2.05) is 13.8 Å². The van der Waals surface area contributed by atoms with Crippen LogP contribution in [-0.4, -0.2) is 18.2 Å². The summed E-state index contributed by atoms with van der Waals surface area (Å²) in [5.41, 5.74) is 5.85. The molecule has 0 aromatic heterocycles. The molecule has 2 saturated heterocycles. The fraction of sp³-hybridized carbons (Fsp3) is 1.00. The van der Waals surface area contributed by atoms with Gasteiger partial charge >= 0.3 is 0 Å². The van der Waals surface area contributed by atoms with E-state index < -0.39 is 0 Å². The minimum atomic E-state index is 0.420. The smallest absolute Gasteiger partial charge is 0.0593 e. The summed E-state index contributed by atoms with van der Waals surface area (Å²) in [6.45, 7) is 4.00. The molecule has 72 valence electrons. The van der Waals surface area contributed by atoms with Crippen molar-refractivity contribution in [3.63, 3.8) is 0 Å². The van der Waals surface area contributed by atoms with Crippen molar-refractivity contribution in [1.29, 1.82) is 0 Å². The average molecular weight is 171 g/mol. The molecule has 0 saturated carbocycles. The van der Waals surface area contributed by atoms with Gasteiger partial charge in [-0.05, 0) is 32.1 Å². The Morgan fingerprint density at radius 3 is 2.08 bits per heavy atom. The first kappa shape index (κ1) is 10.0. The molecule has 2 heteroatoms. The Kier molecular flexibility index (Phi) is 4.02. The molecule has 12 heavy (non-hydrogen) atoms. The van der Waals surface area contributed by atoms with Crippen LogP contribution in [0.2, 0.25) is 0 Å². The molecule has 0 amide bonds. The van der Waals surface area contributed by atoms with Crippen LogP contribution in [0.5, 0.6) is 0 Å². The van der Waals surface area contributed by atoms with Crippen molar-refractivity contribution in [2.45, 2.75) is 64.2 Å². The van der Waals surface area contributed by atoms with Crippen molar-refractivity contribution in [3.05, 3.63) is 0 Å². The predicted octanol–water partition coefficient (Wildman–Crippen LogP) is 2.07. The first-order valence-corrected chi connectivity index (χ1v) is 5.25. The van der Waals surface area contributed by atoms with Crippen LogP contribution in [0.25, 0.3) is 0 Å². The van der Waals surface area contributed by atoms with Gasteiger partial charge < -0.3 is 10.5 Å². The number of rotatable bonds is 0. The predicted molar refractivity (Wildman–Crippen MR) is 51.1 cm³/mol. The van der Waals surface area contributed by atoms with Crippen LogP contribution < -0.4 is 5.73 Å². The monoisotopic (exact) mass is 171 g/mol. The molecule has 0 aromatic carbocycles. The minimum absolute atomic E-state index is 0.420. The van der Waals surface area contributed by atoms with Gasteiger partial charge in [-0.2, -0.15) is 0 Å². The molecule has 0 aromatic rings. The molecule has 2 atom stereocenters. The standard InChI is InChI=1S/C8H15NO.C2H6/c9-6-4-7-2-1-3-8(5-6)10-7;1-2/h6-8H,1-5,9H2;1-2H3. The van der Waals surface area contributed by atoms with Crippen molar-refractivity contribution >= 4 is 0 Å². The molecule has 2 fully saturated rings. The molecule has 0 spiro atoms. The molecule has 2 unspecified atom stereocenters. The van der Waals surface area contributed by atoms with E-state index >= 15 is 0 Å². The van der Waals surface area contributed by atoms with E-state index in [9.17, 15) is 0 Å². The molecular weight excluding hydrogens is 150 g/mol. The van der Waals surface area contributed by atoms with Gasteiger partial charge in [0.2, 0.25) is 0 Å². The lowest BCUT2D eigenvalue weighted by Gasteiger charge is -2.37. The van der Waals surface area contributed by atoms with E-state index in [0.717, 1.165) is 12.8 Å². The summed E-state index contributed by atoms with van der Waals surface area (Å²) < 4.78 is 5.71. The van der Waals surface area contributed by atoms with Gasteiger partial charge in [0.25, 0.3) is 0 Å². The van der Waals surface area contributed by atoms with Crippen molar-refractivity contribution in [2.24, 2.45) is 5.73 Å². The summed E-state index contributed by atoms with van der Waals surface area (Å²) >= 11 is 0. The van der Waals surface area contributed by atoms with E-state index in [2.05, 4.69) is 0 Å². The molecule has 2 heterocycles. The Hall–Kier alpha value is -0.0800. The zero-order valence-corrected chi connectivity index (χ0v) is 8.25. The van der Waals surface area contributed by atoms with Gasteiger partial charge in [0.05, 0.1) is 12.2 Å². The third kappa shape index (κ3) is 2.46. The SMILES string of the molecule is CC.NC1CC2CCCC(C1)O2. The summed E-state index contributed by atoms with van der Waals surface area (Å²) in [6, 6.07) is 0.420. The molecule has 2 aliphatic heterocycles. The summed E-state index contributed by atoms with van der Waals surface area (Å²) in [6.07, 6.45) is 7.02. The molecule has 2 N–H and O–H groups in total. The maximum absolute atomic E-state index is 5.85. The fourth-order valence-electron chi connectivity index (χ4n) is 2.10. The molecule has 2 nitrogen and oxygen atoms in total. The fourth-order valence-corrected chi connectivity index (χ4v) is 2.10. The van der Waals surface area contributed by atoms with E-state index in [1.54, 1.807) is 0 Å².